The zero-order chi connectivity index (χ0) is 73.8. The Hall–Kier alpha value is -11.6. The number of benzene rings is 6. The van der Waals surface area contributed by atoms with E-state index >= 15 is 0 Å². The van der Waals surface area contributed by atoms with Gasteiger partial charge in [-0.3, -0.25) is 14.4 Å². The number of aromatic nitrogens is 9. The van der Waals surface area contributed by atoms with Crippen molar-refractivity contribution in [3.8, 4) is 33.4 Å². The van der Waals surface area contributed by atoms with Crippen LogP contribution in [0, 0.1) is 5.82 Å². The molecule has 6 aromatic carbocycles. The molecule has 3 amide bonds. The lowest BCUT2D eigenvalue weighted by molar-refractivity contribution is -0.138. The smallest absolute Gasteiger partial charge is 0.394 e. The number of nitrogen functional groups attached to an aromatic ring is 3. The van der Waals surface area contributed by atoms with E-state index in [1.165, 1.54) is 6.07 Å². The maximum absolute atomic E-state index is 14.5. The molecule has 11 N–H and O–H groups in total. The van der Waals surface area contributed by atoms with Crippen LogP contribution < -0.4 is 33.2 Å². The number of nitrogens with two attached hydrogens (primary N) is 3. The summed E-state index contributed by atoms with van der Waals surface area (Å²) in [5.74, 6) is -0.639. The molecule has 3 saturated carbocycles. The van der Waals surface area contributed by atoms with Crippen molar-refractivity contribution in [1.82, 2.24) is 44.3 Å². The number of fused-ring (bicyclic) bond motifs is 3. The molecule has 0 spiro atoms. The first-order valence-electron chi connectivity index (χ1n) is 33.5. The number of amides is 3. The number of anilines is 6. The maximum atomic E-state index is 14.5. The number of alkyl halides is 6. The average molecular weight is 1420 g/mol. The van der Waals surface area contributed by atoms with Gasteiger partial charge in [0.15, 0.2) is 34.4 Å². The molecular weight excluding hydrogens is 1350 g/mol. The predicted molar refractivity (Wildman–Crippen MR) is 384 cm³/mol. The van der Waals surface area contributed by atoms with Gasteiger partial charge in [-0.15, -0.1) is 0 Å². The van der Waals surface area contributed by atoms with Crippen LogP contribution in [0.5, 0.6) is 0 Å². The first-order valence-corrected chi connectivity index (χ1v) is 33.5. The first kappa shape index (κ1) is 70.8. The number of pyridine rings is 3. The number of nitrogens with one attached hydrogen (secondary N) is 3. The summed E-state index contributed by atoms with van der Waals surface area (Å²) in [5.41, 5.74) is 24.6. The van der Waals surface area contributed by atoms with Gasteiger partial charge >= 0.3 is 12.4 Å². The second-order valence-electron chi connectivity index (χ2n) is 27.3. The number of rotatable bonds is 16. The second-order valence-corrected chi connectivity index (χ2v) is 27.3. The fourth-order valence-corrected chi connectivity index (χ4v) is 13.2. The van der Waals surface area contributed by atoms with Gasteiger partial charge in [0.1, 0.15) is 5.82 Å². The SMILES string of the molecule is Cn1nc(N)c2c(-c3ccc(NC(=O)C4(c5cc(C(F)(F)F)ccc5F)CC4)cc3)cc(C(C)(C)C)nc21.Nc1nn(CCO)c2nccc(-c3ccc(NC(=O)C4(c5cccc(C(F)(F)F)c5)CC4)cc3)c12.Nc1nn(CCO)c2nccc(-c3ccc(NC(=O)C4(c5ccccc5)CC4)cc3)c12. The van der Waals surface area contributed by atoms with Gasteiger partial charge in [0.05, 0.1) is 69.8 Å². The van der Waals surface area contributed by atoms with E-state index in [2.05, 4.69) is 62.0 Å². The Morgan fingerprint density at radius 3 is 1.34 bits per heavy atom. The van der Waals surface area contributed by atoms with Gasteiger partial charge in [0.2, 0.25) is 17.7 Å². The summed E-state index contributed by atoms with van der Waals surface area (Å²) < 4.78 is 98.4. The number of carbonyl (C=O) groups is 3. The fraction of sp³-hybridized carbons (Fsp3) is 0.260. The minimum absolute atomic E-state index is 0.0345. The van der Waals surface area contributed by atoms with Crippen molar-refractivity contribution in [2.45, 2.75) is 106 Å². The highest BCUT2D eigenvalue weighted by Crippen LogP contribution is 2.53. The van der Waals surface area contributed by atoms with E-state index in [1.54, 1.807) is 63.8 Å². The number of carbonyl (C=O) groups excluding carboxylic acids is 3. The Labute approximate surface area is 591 Å². The molecule has 3 aliphatic rings. The molecule has 0 atom stereocenters. The van der Waals surface area contributed by atoms with E-state index in [1.807, 2.05) is 97.1 Å². The Morgan fingerprint density at radius 1 is 0.481 bits per heavy atom. The third kappa shape index (κ3) is 13.9. The summed E-state index contributed by atoms with van der Waals surface area (Å²) in [4.78, 5) is 52.6. The van der Waals surface area contributed by atoms with Crippen molar-refractivity contribution in [2.24, 2.45) is 7.05 Å². The van der Waals surface area contributed by atoms with Gasteiger partial charge in [0.25, 0.3) is 0 Å². The quantitative estimate of drug-likeness (QED) is 0.0418. The van der Waals surface area contributed by atoms with E-state index in [-0.39, 0.29) is 55.4 Å². The highest BCUT2D eigenvalue weighted by Gasteiger charge is 2.55. The fourth-order valence-electron chi connectivity index (χ4n) is 13.2. The lowest BCUT2D eigenvalue weighted by Crippen LogP contribution is -2.29. The molecule has 0 bridgehead atoms. The molecule has 6 aromatic heterocycles. The van der Waals surface area contributed by atoms with E-state index in [0.29, 0.717) is 87.6 Å². The van der Waals surface area contributed by atoms with Crippen LogP contribution in [0.4, 0.5) is 65.2 Å². The van der Waals surface area contributed by atoms with Crippen LogP contribution in [-0.2, 0) is 68.5 Å². The Kier molecular flexibility index (Phi) is 18.6. The van der Waals surface area contributed by atoms with Gasteiger partial charge in [-0.2, -0.15) is 41.6 Å². The van der Waals surface area contributed by atoms with Crippen LogP contribution in [0.1, 0.15) is 92.8 Å². The van der Waals surface area contributed by atoms with Gasteiger partial charge in [-0.05, 0) is 162 Å². The van der Waals surface area contributed by atoms with Crippen LogP contribution in [0.3, 0.4) is 0 Å². The summed E-state index contributed by atoms with van der Waals surface area (Å²) in [5, 5.41) is 42.2. The topological polar surface area (TPSA) is 298 Å². The van der Waals surface area contributed by atoms with E-state index < -0.39 is 51.4 Å². The molecule has 0 aliphatic heterocycles. The van der Waals surface area contributed by atoms with Crippen LogP contribution in [0.25, 0.3) is 66.5 Å². The van der Waals surface area contributed by atoms with Gasteiger partial charge in [-0.1, -0.05) is 106 Å². The number of aliphatic hydroxyl groups excluding tert-OH is 2. The molecule has 3 aliphatic carbocycles. The lowest BCUT2D eigenvalue weighted by atomic mass is 9.89. The van der Waals surface area contributed by atoms with Crippen LogP contribution in [0.15, 0.2) is 176 Å². The van der Waals surface area contributed by atoms with Gasteiger partial charge in [0, 0.05) is 53.2 Å². The monoisotopic (exact) mass is 1420 g/mol. The summed E-state index contributed by atoms with van der Waals surface area (Å²) >= 11 is 0. The Balaban J connectivity index is 0.000000139. The highest BCUT2D eigenvalue weighted by atomic mass is 19.4. The minimum Gasteiger partial charge on any atom is -0.394 e. The Bertz CT molecular complexity index is 5250. The molecule has 0 unspecified atom stereocenters. The summed E-state index contributed by atoms with van der Waals surface area (Å²) in [6.07, 6.45) is -2.51. The van der Waals surface area contributed by atoms with E-state index in [9.17, 15) is 55.3 Å². The zero-order valence-corrected chi connectivity index (χ0v) is 56.8. The van der Waals surface area contributed by atoms with Crippen molar-refractivity contribution >= 4 is 85.3 Å². The number of halogens is 7. The summed E-state index contributed by atoms with van der Waals surface area (Å²) in [6.45, 7) is 6.64. The first-order chi connectivity index (χ1) is 49.5. The molecule has 6 heterocycles. The molecule has 534 valence electrons. The largest absolute Gasteiger partial charge is 0.416 e. The molecule has 12 aromatic rings. The molecular formula is C77H72F7N15O5. The van der Waals surface area contributed by atoms with E-state index in [4.69, 9.17) is 22.2 Å². The lowest BCUT2D eigenvalue weighted by Gasteiger charge is -2.20. The van der Waals surface area contributed by atoms with E-state index in [0.717, 1.165) is 92.8 Å². The molecule has 20 nitrogen and oxygen atoms in total. The number of hydrogen-bond donors (Lipinski definition) is 8. The molecule has 104 heavy (non-hydrogen) atoms. The van der Waals surface area contributed by atoms with Crippen molar-refractivity contribution < 1.29 is 55.3 Å². The van der Waals surface area contributed by atoms with Gasteiger partial charge in [-0.25, -0.2) is 33.4 Å². The minimum atomic E-state index is -4.63. The molecule has 27 heteroatoms. The summed E-state index contributed by atoms with van der Waals surface area (Å²) in [7, 11) is 1.78. The molecule has 15 rings (SSSR count). The maximum Gasteiger partial charge on any atom is 0.416 e. The molecule has 0 saturated heterocycles. The van der Waals surface area contributed by atoms with Crippen molar-refractivity contribution in [3.05, 3.63) is 216 Å². The van der Waals surface area contributed by atoms with Crippen LogP contribution in [-0.4, -0.2) is 85.4 Å². The normalized spacial score (nSPS) is 14.8. The van der Waals surface area contributed by atoms with Crippen molar-refractivity contribution in [3.63, 3.8) is 0 Å². The van der Waals surface area contributed by atoms with Crippen molar-refractivity contribution in [1.29, 1.82) is 0 Å². The predicted octanol–water partition coefficient (Wildman–Crippen LogP) is 14.0. The molecule has 3 fully saturated rings. The second kappa shape index (κ2) is 27.3. The summed E-state index contributed by atoms with van der Waals surface area (Å²) in [6, 6.07) is 44.6. The zero-order valence-electron chi connectivity index (χ0n) is 56.8. The average Bonchev–Trinajstić information content (AvgIpc) is 1.58. The number of aliphatic hydroxyl groups is 2. The third-order valence-electron chi connectivity index (χ3n) is 19.3. The van der Waals surface area contributed by atoms with Crippen molar-refractivity contribution in [2.75, 3.05) is 46.4 Å². The molecule has 0 radical (unpaired) electrons. The number of aryl methyl sites for hydroxylation is 1. The van der Waals surface area contributed by atoms with Crippen LogP contribution in [0.2, 0.25) is 0 Å². The highest BCUT2D eigenvalue weighted by molar-refractivity contribution is 6.06. The standard InChI is InChI=1S/C28H27F4N5O.C25H22F3N5O2.C24H23N5O2/c1-26(2,3)21-14-18(22-23(33)36-37(4)24(22)35-21)15-5-8-17(9-6-15)34-25(38)27(11-12-27)19-13-16(28(30,31)32)7-10-20(19)29;26-25(27,28)17-3-1-2-16(14-17)24(9-10-24)23(35)31-18-6-4-15(5-7-18)19-8-11-30-22-20(19)21(29)32-33(22)12-13-34;25-21-20-19(10-13-26-22(20)29(28-21)14-15-30)16-6-8-18(9-7-16)27-23(31)24(11-12-24)17-4-2-1-3-5-17/h5-10,13-14H,11-12H2,1-4H3,(H2,33,36)(H,34,38);1-8,11,14,34H,9-10,12-13H2,(H2,29,32)(H,31,35);1-10,13,30H,11-12,14-15H2,(H2,25,28)(H,27,31). The number of hydrogen-bond acceptors (Lipinski definition) is 14. The number of nitrogens with zero attached hydrogens (tertiary/aromatic N) is 9. The van der Waals surface area contributed by atoms with Gasteiger partial charge < -0.3 is 43.4 Å². The Morgan fingerprint density at radius 2 is 0.894 bits per heavy atom. The van der Waals surface area contributed by atoms with Crippen LogP contribution >= 0.6 is 0 Å². The third-order valence-corrected chi connectivity index (χ3v) is 19.3.